The number of pyridine rings is 1. The molecule has 1 amide bonds. The van der Waals surface area contributed by atoms with Crippen molar-refractivity contribution in [1.82, 2.24) is 10.4 Å². The van der Waals surface area contributed by atoms with Crippen LogP contribution in [0.5, 0.6) is 0 Å². The Labute approximate surface area is 135 Å². The van der Waals surface area contributed by atoms with Gasteiger partial charge in [-0.3, -0.25) is 4.79 Å². The van der Waals surface area contributed by atoms with Gasteiger partial charge in [0, 0.05) is 6.20 Å². The summed E-state index contributed by atoms with van der Waals surface area (Å²) in [5, 5.41) is 5.11. The number of amides is 1. The van der Waals surface area contributed by atoms with E-state index in [1.165, 1.54) is 11.8 Å². The van der Waals surface area contributed by atoms with Crippen molar-refractivity contribution in [2.24, 2.45) is 5.10 Å². The van der Waals surface area contributed by atoms with Gasteiger partial charge in [-0.25, -0.2) is 10.4 Å². The van der Waals surface area contributed by atoms with Crippen molar-refractivity contribution in [3.05, 3.63) is 60.3 Å². The summed E-state index contributed by atoms with van der Waals surface area (Å²) in [6.45, 7) is 2.09. The van der Waals surface area contributed by atoms with Crippen LogP contribution in [0.3, 0.4) is 0 Å². The minimum Gasteiger partial charge on any atom is -0.272 e. The lowest BCUT2D eigenvalue weighted by Crippen LogP contribution is -2.22. The molecule has 0 atom stereocenters. The number of carbonyl (C=O) groups is 1. The smallest absolute Gasteiger partial charge is 0.250 e. The molecule has 2 aromatic rings. The van der Waals surface area contributed by atoms with Crippen LogP contribution in [-0.2, 0) is 4.79 Å². The maximum Gasteiger partial charge on any atom is 0.250 e. The number of rotatable bonds is 7. The van der Waals surface area contributed by atoms with E-state index in [4.69, 9.17) is 0 Å². The Kier molecular flexibility index (Phi) is 6.64. The molecule has 4 nitrogen and oxygen atoms in total. The van der Waals surface area contributed by atoms with Crippen molar-refractivity contribution in [2.45, 2.75) is 24.8 Å². The van der Waals surface area contributed by atoms with Crippen molar-refractivity contribution in [1.29, 1.82) is 0 Å². The van der Waals surface area contributed by atoms with E-state index in [-0.39, 0.29) is 5.91 Å². The zero-order valence-electron chi connectivity index (χ0n) is 12.5. The highest BCUT2D eigenvalue weighted by Gasteiger charge is 2.05. The second-order valence-corrected chi connectivity index (χ2v) is 5.66. The van der Waals surface area contributed by atoms with E-state index in [0.29, 0.717) is 5.75 Å². The maximum absolute atomic E-state index is 11.9. The zero-order chi connectivity index (χ0) is 15.6. The average Bonchev–Trinajstić information content (AvgIpc) is 2.58. The molecule has 114 valence electrons. The van der Waals surface area contributed by atoms with Crippen LogP contribution in [0.25, 0.3) is 0 Å². The molecule has 1 N–H and O–H groups in total. The number of thioether (sulfide) groups is 1. The number of hydrogen-bond donors (Lipinski definition) is 1. The first-order valence-corrected chi connectivity index (χ1v) is 8.23. The first-order chi connectivity index (χ1) is 10.8. The molecule has 2 rings (SSSR count). The molecule has 22 heavy (non-hydrogen) atoms. The Morgan fingerprint density at radius 3 is 2.64 bits per heavy atom. The summed E-state index contributed by atoms with van der Waals surface area (Å²) < 4.78 is 0. The highest BCUT2D eigenvalue weighted by Crippen LogP contribution is 2.13. The van der Waals surface area contributed by atoms with Gasteiger partial charge in [0.05, 0.1) is 16.5 Å². The fourth-order valence-corrected chi connectivity index (χ4v) is 2.52. The van der Waals surface area contributed by atoms with Crippen LogP contribution in [0.1, 0.15) is 25.3 Å². The van der Waals surface area contributed by atoms with Crippen molar-refractivity contribution in [3.8, 4) is 0 Å². The number of carbonyl (C=O) groups excluding carboxylic acids is 1. The minimum absolute atomic E-state index is 0.125. The number of aromatic nitrogens is 1. The van der Waals surface area contributed by atoms with Gasteiger partial charge in [0.25, 0.3) is 0 Å². The van der Waals surface area contributed by atoms with Gasteiger partial charge in [0.1, 0.15) is 0 Å². The van der Waals surface area contributed by atoms with Crippen molar-refractivity contribution in [3.63, 3.8) is 0 Å². The summed E-state index contributed by atoms with van der Waals surface area (Å²) in [5.41, 5.74) is 4.58. The molecule has 0 spiro atoms. The summed E-state index contributed by atoms with van der Waals surface area (Å²) in [5.74, 6) is 0.175. The number of hydrogen-bond acceptors (Lipinski definition) is 4. The molecule has 1 heterocycles. The van der Waals surface area contributed by atoms with Crippen molar-refractivity contribution < 1.29 is 4.79 Å². The summed E-state index contributed by atoms with van der Waals surface area (Å²) in [6, 6.07) is 15.6. The maximum atomic E-state index is 11.9. The standard InChI is InChI=1S/C17H19N3OS/c1-2-8-15(14-9-4-3-5-10-14)19-20-16(21)13-22-17-11-6-7-12-18-17/h3-7,9-12H,2,8,13H2,1H3,(H,20,21)/b19-15+. The normalized spacial score (nSPS) is 11.2. The number of nitrogens with zero attached hydrogens (tertiary/aromatic N) is 2. The number of hydrazone groups is 1. The Morgan fingerprint density at radius 1 is 1.18 bits per heavy atom. The van der Waals surface area contributed by atoms with Crippen molar-refractivity contribution in [2.75, 3.05) is 5.75 Å². The molecule has 0 fully saturated rings. The molecule has 1 aromatic carbocycles. The van der Waals surface area contributed by atoms with Gasteiger partial charge in [-0.15, -0.1) is 0 Å². The topological polar surface area (TPSA) is 54.4 Å². The van der Waals surface area contributed by atoms with Gasteiger partial charge in [-0.05, 0) is 24.1 Å². The van der Waals surface area contributed by atoms with E-state index < -0.39 is 0 Å². The first kappa shape index (κ1) is 16.2. The van der Waals surface area contributed by atoms with Crippen LogP contribution in [0.15, 0.2) is 64.9 Å². The fourth-order valence-electron chi connectivity index (χ4n) is 1.87. The third-order valence-electron chi connectivity index (χ3n) is 2.90. The number of nitrogens with one attached hydrogen (secondary N) is 1. The van der Waals surface area contributed by atoms with Crippen LogP contribution in [0.4, 0.5) is 0 Å². The SMILES string of the molecule is CCC/C(=N\NC(=O)CSc1ccccn1)c1ccccc1. The predicted octanol–water partition coefficient (Wildman–Crippen LogP) is 3.49. The largest absolute Gasteiger partial charge is 0.272 e. The summed E-state index contributed by atoms with van der Waals surface area (Å²) in [7, 11) is 0. The molecule has 5 heteroatoms. The van der Waals surface area contributed by atoms with Gasteiger partial charge >= 0.3 is 0 Å². The highest BCUT2D eigenvalue weighted by molar-refractivity contribution is 7.99. The quantitative estimate of drug-likeness (QED) is 0.483. The Bertz CT molecular complexity index is 614. The lowest BCUT2D eigenvalue weighted by atomic mass is 10.1. The fraction of sp³-hybridized carbons (Fsp3) is 0.235. The van der Waals surface area contributed by atoms with E-state index in [1.807, 2.05) is 48.5 Å². The van der Waals surface area contributed by atoms with E-state index >= 15 is 0 Å². The third-order valence-corrected chi connectivity index (χ3v) is 3.84. The summed E-state index contributed by atoms with van der Waals surface area (Å²) in [4.78, 5) is 16.1. The Hall–Kier alpha value is -2.14. The Balaban J connectivity index is 1.91. The first-order valence-electron chi connectivity index (χ1n) is 7.24. The molecule has 0 aliphatic heterocycles. The van der Waals surface area contributed by atoms with E-state index in [1.54, 1.807) is 6.20 Å². The third kappa shape index (κ3) is 5.33. The van der Waals surface area contributed by atoms with Gasteiger partial charge in [-0.1, -0.05) is 61.5 Å². The Morgan fingerprint density at radius 2 is 1.95 bits per heavy atom. The predicted molar refractivity (Wildman–Crippen MR) is 91.0 cm³/mol. The van der Waals surface area contributed by atoms with Gasteiger partial charge in [-0.2, -0.15) is 5.10 Å². The van der Waals surface area contributed by atoms with Crippen LogP contribution >= 0.6 is 11.8 Å². The zero-order valence-corrected chi connectivity index (χ0v) is 13.3. The van der Waals surface area contributed by atoms with Gasteiger partial charge < -0.3 is 0 Å². The molecular weight excluding hydrogens is 294 g/mol. The molecule has 1 aromatic heterocycles. The van der Waals surface area contributed by atoms with E-state index in [2.05, 4.69) is 22.4 Å². The monoisotopic (exact) mass is 313 g/mol. The van der Waals surface area contributed by atoms with Crippen molar-refractivity contribution >= 4 is 23.4 Å². The molecule has 0 saturated heterocycles. The summed E-state index contributed by atoms with van der Waals surface area (Å²) in [6.07, 6.45) is 3.52. The molecule has 0 aliphatic carbocycles. The van der Waals surface area contributed by atoms with Gasteiger partial charge in [0.15, 0.2) is 0 Å². The summed E-state index contributed by atoms with van der Waals surface area (Å²) >= 11 is 1.40. The molecular formula is C17H19N3OS. The van der Waals surface area contributed by atoms with E-state index in [9.17, 15) is 4.79 Å². The molecule has 0 saturated carbocycles. The highest BCUT2D eigenvalue weighted by atomic mass is 32.2. The van der Waals surface area contributed by atoms with E-state index in [0.717, 1.165) is 29.1 Å². The molecule has 0 unspecified atom stereocenters. The van der Waals surface area contributed by atoms with Crippen LogP contribution in [-0.4, -0.2) is 22.4 Å². The lowest BCUT2D eigenvalue weighted by Gasteiger charge is -2.06. The lowest BCUT2D eigenvalue weighted by molar-refractivity contribution is -0.118. The van der Waals surface area contributed by atoms with Crippen LogP contribution in [0, 0.1) is 0 Å². The second kappa shape index (κ2) is 9.00. The molecule has 0 bridgehead atoms. The minimum atomic E-state index is -0.125. The average molecular weight is 313 g/mol. The number of benzene rings is 1. The second-order valence-electron chi connectivity index (χ2n) is 4.67. The van der Waals surface area contributed by atoms with Gasteiger partial charge in [0.2, 0.25) is 5.91 Å². The molecule has 0 aliphatic rings. The van der Waals surface area contributed by atoms with Crippen LogP contribution in [0.2, 0.25) is 0 Å². The molecule has 0 radical (unpaired) electrons. The van der Waals surface area contributed by atoms with Crippen LogP contribution < -0.4 is 5.43 Å².